The van der Waals surface area contributed by atoms with E-state index in [4.69, 9.17) is 4.74 Å². The zero-order chi connectivity index (χ0) is 17.8. The molecule has 3 rings (SSSR count). The normalized spacial score (nSPS) is 11.1. The number of nitrogens with one attached hydrogen (secondary N) is 1. The minimum atomic E-state index is -0.420. The van der Waals surface area contributed by atoms with Crippen molar-refractivity contribution in [1.82, 2.24) is 24.1 Å². The number of unbranched alkanes of at least 4 members (excludes halogenated alkanes) is 1. The van der Waals surface area contributed by atoms with E-state index in [9.17, 15) is 9.59 Å². The summed E-state index contributed by atoms with van der Waals surface area (Å²) in [5.41, 5.74) is 1.56. The van der Waals surface area contributed by atoms with Crippen molar-refractivity contribution in [3.05, 3.63) is 46.3 Å². The Morgan fingerprint density at radius 1 is 1.44 bits per heavy atom. The van der Waals surface area contributed by atoms with E-state index in [1.54, 1.807) is 21.1 Å². The fraction of sp³-hybridized carbons (Fsp3) is 0.375. The number of H-pyrrole nitrogens is 1. The van der Waals surface area contributed by atoms with Gasteiger partial charge in [-0.15, -0.1) is 5.10 Å². The minimum Gasteiger partial charge on any atom is -0.465 e. The predicted octanol–water partition coefficient (Wildman–Crippen LogP) is 2.10. The maximum absolute atomic E-state index is 11.8. The molecule has 8 nitrogen and oxygen atoms in total. The Kier molecular flexibility index (Phi) is 5.22. The van der Waals surface area contributed by atoms with Crippen LogP contribution in [0.1, 0.15) is 35.8 Å². The van der Waals surface area contributed by atoms with Gasteiger partial charge in [-0.05, 0) is 18.6 Å². The van der Waals surface area contributed by atoms with E-state index in [0.717, 1.165) is 18.5 Å². The van der Waals surface area contributed by atoms with Crippen molar-refractivity contribution >= 4 is 23.4 Å². The third kappa shape index (κ3) is 3.60. The van der Waals surface area contributed by atoms with Crippen LogP contribution in [0, 0.1) is 0 Å². The monoisotopic (exact) mass is 361 g/mol. The number of carbonyl (C=O) groups excluding carboxylic acids is 1. The number of rotatable bonds is 7. The maximum Gasteiger partial charge on any atom is 0.343 e. The standard InChI is InChI=1S/C16H19N5O3S/c1-3-4-8-21-15(23)18-19-16(21)25-10-11-9-20-7-5-6-12(13(20)17-11)14(22)24-2/h5-7,9H,3-4,8,10H2,1-2H3,(H,18,23). The molecule has 0 aliphatic carbocycles. The van der Waals surface area contributed by atoms with Crippen molar-refractivity contribution in [2.24, 2.45) is 0 Å². The summed E-state index contributed by atoms with van der Waals surface area (Å²) >= 11 is 1.44. The molecule has 132 valence electrons. The number of carbonyl (C=O) groups is 1. The molecule has 1 N–H and O–H groups in total. The number of aromatic nitrogens is 5. The zero-order valence-corrected chi connectivity index (χ0v) is 14.9. The molecule has 0 aromatic carbocycles. The van der Waals surface area contributed by atoms with Crippen LogP contribution >= 0.6 is 11.8 Å². The van der Waals surface area contributed by atoms with Crippen LogP contribution in [0.3, 0.4) is 0 Å². The van der Waals surface area contributed by atoms with Gasteiger partial charge in [-0.3, -0.25) is 4.57 Å². The number of esters is 1. The van der Waals surface area contributed by atoms with E-state index in [1.807, 2.05) is 12.4 Å². The fourth-order valence-electron chi connectivity index (χ4n) is 2.47. The summed E-state index contributed by atoms with van der Waals surface area (Å²) in [7, 11) is 1.35. The summed E-state index contributed by atoms with van der Waals surface area (Å²) in [6.07, 6.45) is 5.61. The maximum atomic E-state index is 11.8. The molecule has 0 spiro atoms. The zero-order valence-electron chi connectivity index (χ0n) is 14.1. The Labute approximate surface area is 148 Å². The van der Waals surface area contributed by atoms with Crippen molar-refractivity contribution in [2.75, 3.05) is 7.11 Å². The van der Waals surface area contributed by atoms with Gasteiger partial charge in [0, 0.05) is 24.7 Å². The molecule has 0 atom stereocenters. The van der Waals surface area contributed by atoms with Gasteiger partial charge in [-0.2, -0.15) is 0 Å². The van der Waals surface area contributed by atoms with Gasteiger partial charge >= 0.3 is 11.7 Å². The summed E-state index contributed by atoms with van der Waals surface area (Å²) in [4.78, 5) is 28.2. The van der Waals surface area contributed by atoms with Crippen LogP contribution in [0.15, 0.2) is 34.5 Å². The number of imidazole rings is 1. The number of methoxy groups -OCH3 is 1. The van der Waals surface area contributed by atoms with Crippen molar-refractivity contribution in [1.29, 1.82) is 0 Å². The number of fused-ring (bicyclic) bond motifs is 1. The summed E-state index contributed by atoms with van der Waals surface area (Å²) < 4.78 is 8.22. The number of hydrogen-bond acceptors (Lipinski definition) is 6. The second-order valence-electron chi connectivity index (χ2n) is 5.48. The molecule has 25 heavy (non-hydrogen) atoms. The molecule has 3 heterocycles. The van der Waals surface area contributed by atoms with E-state index in [-0.39, 0.29) is 5.69 Å². The lowest BCUT2D eigenvalue weighted by atomic mass is 10.3. The Balaban J connectivity index is 1.80. The van der Waals surface area contributed by atoms with Gasteiger partial charge in [-0.25, -0.2) is 19.7 Å². The first-order valence-electron chi connectivity index (χ1n) is 7.97. The van der Waals surface area contributed by atoms with E-state index in [2.05, 4.69) is 22.1 Å². The van der Waals surface area contributed by atoms with E-state index < -0.39 is 5.97 Å². The highest BCUT2D eigenvalue weighted by molar-refractivity contribution is 7.98. The van der Waals surface area contributed by atoms with Crippen molar-refractivity contribution in [2.45, 2.75) is 37.2 Å². The number of nitrogens with zero attached hydrogens (tertiary/aromatic N) is 4. The van der Waals surface area contributed by atoms with Crippen LogP contribution < -0.4 is 5.69 Å². The van der Waals surface area contributed by atoms with Crippen LogP contribution in [0.5, 0.6) is 0 Å². The predicted molar refractivity (Wildman–Crippen MR) is 93.8 cm³/mol. The van der Waals surface area contributed by atoms with Gasteiger partial charge in [0.15, 0.2) is 10.8 Å². The van der Waals surface area contributed by atoms with E-state index in [0.29, 0.717) is 28.7 Å². The minimum absolute atomic E-state index is 0.195. The number of pyridine rings is 1. The molecule has 0 amide bonds. The highest BCUT2D eigenvalue weighted by atomic mass is 32.2. The average Bonchev–Trinajstić information content (AvgIpc) is 3.20. The second kappa shape index (κ2) is 7.56. The number of aromatic amines is 1. The third-order valence-electron chi connectivity index (χ3n) is 3.75. The fourth-order valence-corrected chi connectivity index (χ4v) is 3.32. The quantitative estimate of drug-likeness (QED) is 0.511. The van der Waals surface area contributed by atoms with Gasteiger partial charge in [-0.1, -0.05) is 25.1 Å². The molecule has 0 saturated carbocycles. The van der Waals surface area contributed by atoms with E-state index in [1.165, 1.54) is 18.9 Å². The highest BCUT2D eigenvalue weighted by Crippen LogP contribution is 2.21. The second-order valence-corrected chi connectivity index (χ2v) is 6.42. The lowest BCUT2D eigenvalue weighted by molar-refractivity contribution is 0.0602. The lowest BCUT2D eigenvalue weighted by Gasteiger charge is -2.03. The first-order valence-corrected chi connectivity index (χ1v) is 8.95. The average molecular weight is 361 g/mol. The molecular weight excluding hydrogens is 342 g/mol. The van der Waals surface area contributed by atoms with Crippen LogP contribution in [0.2, 0.25) is 0 Å². The summed E-state index contributed by atoms with van der Waals surface area (Å²) in [5, 5.41) is 7.21. The number of ether oxygens (including phenoxy) is 1. The topological polar surface area (TPSA) is 94.3 Å². The number of thioether (sulfide) groups is 1. The molecule has 0 fully saturated rings. The van der Waals surface area contributed by atoms with Crippen molar-refractivity contribution < 1.29 is 9.53 Å². The SMILES string of the molecule is CCCCn1c(SCc2cn3cccc(C(=O)OC)c3n2)n[nH]c1=O. The molecule has 3 aromatic rings. The Morgan fingerprint density at radius 3 is 3.04 bits per heavy atom. The number of hydrogen-bond donors (Lipinski definition) is 1. The Bertz CT molecular complexity index is 943. The molecule has 0 unspecified atom stereocenters. The molecule has 0 aliphatic heterocycles. The first kappa shape index (κ1) is 17.3. The van der Waals surface area contributed by atoms with Gasteiger partial charge in [0.25, 0.3) is 0 Å². The molecular formula is C16H19N5O3S. The van der Waals surface area contributed by atoms with Crippen molar-refractivity contribution in [3.8, 4) is 0 Å². The lowest BCUT2D eigenvalue weighted by Crippen LogP contribution is -2.17. The molecule has 0 saturated heterocycles. The molecule has 3 aromatic heterocycles. The van der Waals surface area contributed by atoms with Gasteiger partial charge < -0.3 is 9.14 Å². The molecule has 0 radical (unpaired) electrons. The van der Waals surface area contributed by atoms with Gasteiger partial charge in [0.05, 0.1) is 12.8 Å². The van der Waals surface area contributed by atoms with Crippen LogP contribution in [-0.2, 0) is 17.0 Å². The third-order valence-corrected chi connectivity index (χ3v) is 4.76. The largest absolute Gasteiger partial charge is 0.465 e. The summed E-state index contributed by atoms with van der Waals surface area (Å²) in [6, 6.07) is 3.45. The Hall–Kier alpha value is -2.55. The Morgan fingerprint density at radius 2 is 2.28 bits per heavy atom. The molecule has 0 bridgehead atoms. The van der Waals surface area contributed by atoms with Crippen LogP contribution in [-0.4, -0.2) is 37.2 Å². The first-order chi connectivity index (χ1) is 12.1. The molecule has 0 aliphatic rings. The smallest absolute Gasteiger partial charge is 0.343 e. The van der Waals surface area contributed by atoms with Crippen LogP contribution in [0.25, 0.3) is 5.65 Å². The van der Waals surface area contributed by atoms with E-state index >= 15 is 0 Å². The molecule has 9 heteroatoms. The van der Waals surface area contributed by atoms with Crippen molar-refractivity contribution in [3.63, 3.8) is 0 Å². The summed E-state index contributed by atoms with van der Waals surface area (Å²) in [5.74, 6) is 0.120. The summed E-state index contributed by atoms with van der Waals surface area (Å²) in [6.45, 7) is 2.72. The van der Waals surface area contributed by atoms with Crippen LogP contribution in [0.4, 0.5) is 0 Å². The van der Waals surface area contributed by atoms with Gasteiger partial charge in [0.1, 0.15) is 5.56 Å². The highest BCUT2D eigenvalue weighted by Gasteiger charge is 2.14. The van der Waals surface area contributed by atoms with Gasteiger partial charge in [0.2, 0.25) is 0 Å².